The first-order valence-electron chi connectivity index (χ1n) is 13.0. The van der Waals surface area contributed by atoms with E-state index in [-0.39, 0.29) is 11.8 Å². The molecule has 186 valence electrons. The molecule has 2 aromatic rings. The predicted molar refractivity (Wildman–Crippen MR) is 138 cm³/mol. The van der Waals surface area contributed by atoms with Crippen molar-refractivity contribution < 1.29 is 14.3 Å². The van der Waals surface area contributed by atoms with Gasteiger partial charge in [0.25, 0.3) is 0 Å². The van der Waals surface area contributed by atoms with Crippen molar-refractivity contribution in [1.82, 2.24) is 14.5 Å². The molecule has 2 saturated carbocycles. The minimum Gasteiger partial charge on any atom is -0.381 e. The molecule has 0 bridgehead atoms. The van der Waals surface area contributed by atoms with Gasteiger partial charge in [-0.3, -0.25) is 4.79 Å². The number of rotatable bonds is 6. The van der Waals surface area contributed by atoms with Crippen LogP contribution in [-0.4, -0.2) is 39.8 Å². The molecular weight excluding hydrogens is 460 g/mol. The van der Waals surface area contributed by atoms with Gasteiger partial charge in [0.15, 0.2) is 5.13 Å². The molecule has 8 heteroatoms. The Bertz CT molecular complexity index is 1140. The third-order valence-corrected chi connectivity index (χ3v) is 9.21. The van der Waals surface area contributed by atoms with Gasteiger partial charge in [-0.1, -0.05) is 30.3 Å². The Morgan fingerprint density at radius 1 is 1.29 bits per heavy atom. The third kappa shape index (κ3) is 4.76. The maximum Gasteiger partial charge on any atom is 0.229 e. The normalized spacial score (nSPS) is 22.0. The van der Waals surface area contributed by atoms with E-state index in [9.17, 15) is 4.79 Å². The van der Waals surface area contributed by atoms with E-state index < -0.39 is 0 Å². The number of hydrogen-bond acceptors (Lipinski definition) is 6. The largest absolute Gasteiger partial charge is 0.381 e. The summed E-state index contributed by atoms with van der Waals surface area (Å²) in [5.74, 6) is 1.16. The summed E-state index contributed by atoms with van der Waals surface area (Å²) in [6, 6.07) is 0. The monoisotopic (exact) mass is 494 g/mol. The first-order chi connectivity index (χ1) is 17.1. The van der Waals surface area contributed by atoms with Gasteiger partial charge in [-0.2, -0.15) is 0 Å². The quantitative estimate of drug-likeness (QED) is 0.579. The van der Waals surface area contributed by atoms with Gasteiger partial charge in [0.1, 0.15) is 12.4 Å². The number of imidazole rings is 1. The summed E-state index contributed by atoms with van der Waals surface area (Å²) in [4.78, 5) is 23.3. The fourth-order valence-electron chi connectivity index (χ4n) is 6.03. The summed E-state index contributed by atoms with van der Waals surface area (Å²) in [5, 5.41) is 3.78. The lowest BCUT2D eigenvalue weighted by atomic mass is 9.58. The number of ether oxygens (including phenoxy) is 2. The van der Waals surface area contributed by atoms with E-state index in [1.165, 1.54) is 18.4 Å². The van der Waals surface area contributed by atoms with E-state index in [0.717, 1.165) is 80.2 Å². The Morgan fingerprint density at radius 3 is 2.89 bits per heavy atom. The Kier molecular flexibility index (Phi) is 6.37. The molecule has 35 heavy (non-hydrogen) atoms. The van der Waals surface area contributed by atoms with Gasteiger partial charge in [0.2, 0.25) is 5.91 Å². The molecule has 1 amide bonds. The summed E-state index contributed by atoms with van der Waals surface area (Å²) >= 11 is 1.55. The number of nitrogens with zero attached hydrogens (tertiary/aromatic N) is 3. The number of allylic oxidation sites excluding steroid dienone is 2. The number of thiazole rings is 1. The van der Waals surface area contributed by atoms with Crippen molar-refractivity contribution in [3.63, 3.8) is 0 Å². The van der Waals surface area contributed by atoms with Crippen LogP contribution in [0.3, 0.4) is 0 Å². The molecule has 1 saturated heterocycles. The van der Waals surface area contributed by atoms with E-state index >= 15 is 0 Å². The minimum absolute atomic E-state index is 0.0952. The Hall–Kier alpha value is -2.29. The van der Waals surface area contributed by atoms with Crippen LogP contribution >= 0.6 is 11.3 Å². The van der Waals surface area contributed by atoms with Crippen molar-refractivity contribution in [3.05, 3.63) is 34.4 Å². The zero-order valence-electron chi connectivity index (χ0n) is 20.4. The van der Waals surface area contributed by atoms with Crippen molar-refractivity contribution in [2.45, 2.75) is 70.5 Å². The van der Waals surface area contributed by atoms with Crippen LogP contribution in [0.15, 0.2) is 12.3 Å². The fraction of sp³-hybridized carbons (Fsp3) is 0.593. The molecule has 0 radical (unpaired) electrons. The summed E-state index contributed by atoms with van der Waals surface area (Å²) in [5.41, 5.74) is 3.55. The Morgan fingerprint density at radius 2 is 2.09 bits per heavy atom. The van der Waals surface area contributed by atoms with E-state index in [1.807, 2.05) is 6.20 Å². The van der Waals surface area contributed by atoms with Crippen molar-refractivity contribution in [2.75, 3.05) is 18.5 Å². The SMILES string of the molecule is Cn1c(C2=Cc3sc(NC(=O)C4CC5(CCOCC5)C4)nc3C=CC2)cnc1COC1CCCC1. The molecule has 3 fully saturated rings. The number of aromatic nitrogens is 3. The van der Waals surface area contributed by atoms with Gasteiger partial charge in [0.05, 0.1) is 28.6 Å². The topological polar surface area (TPSA) is 78.3 Å². The van der Waals surface area contributed by atoms with Crippen LogP contribution in [0, 0.1) is 11.3 Å². The molecule has 1 aliphatic heterocycles. The standard InChI is InChI=1S/C27H34N4O3S/c1-31-22(16-28-24(31)17-34-20-6-2-3-7-20)18-5-4-8-21-23(13-18)35-26(29-21)30-25(32)19-14-27(15-19)9-11-33-12-10-27/h4,8,13,16,19-20H,2-3,5-7,9-12,14-15,17H2,1H3,(H,29,30,32). The number of hydrogen-bond donors (Lipinski definition) is 1. The summed E-state index contributed by atoms with van der Waals surface area (Å²) in [7, 11) is 2.06. The maximum atomic E-state index is 12.9. The molecule has 4 aliphatic rings. The van der Waals surface area contributed by atoms with Gasteiger partial charge in [-0.05, 0) is 68.1 Å². The van der Waals surface area contributed by atoms with Crippen molar-refractivity contribution in [1.29, 1.82) is 0 Å². The van der Waals surface area contributed by atoms with Crippen LogP contribution < -0.4 is 5.32 Å². The van der Waals surface area contributed by atoms with E-state index in [0.29, 0.717) is 23.3 Å². The smallest absolute Gasteiger partial charge is 0.229 e. The first kappa shape index (κ1) is 23.1. The third-order valence-electron chi connectivity index (χ3n) is 8.28. The summed E-state index contributed by atoms with van der Waals surface area (Å²) in [6.45, 7) is 2.22. The molecule has 7 nitrogen and oxygen atoms in total. The van der Waals surface area contributed by atoms with Crippen LogP contribution in [0.4, 0.5) is 5.13 Å². The second-order valence-corrected chi connectivity index (χ2v) is 11.6. The average Bonchev–Trinajstić information content (AvgIpc) is 3.55. The lowest BCUT2D eigenvalue weighted by Gasteiger charge is -2.49. The lowest BCUT2D eigenvalue weighted by Crippen LogP contribution is -2.46. The van der Waals surface area contributed by atoms with Crippen molar-refractivity contribution >= 4 is 40.1 Å². The zero-order chi connectivity index (χ0) is 23.8. The number of fused-ring (bicyclic) bond motifs is 1. The predicted octanol–water partition coefficient (Wildman–Crippen LogP) is 5.44. The lowest BCUT2D eigenvalue weighted by molar-refractivity contribution is -0.132. The van der Waals surface area contributed by atoms with Crippen LogP contribution in [0.1, 0.15) is 79.9 Å². The molecule has 0 unspecified atom stereocenters. The molecule has 3 aliphatic carbocycles. The number of anilines is 1. The molecule has 0 atom stereocenters. The molecule has 1 N–H and O–H groups in total. The van der Waals surface area contributed by atoms with E-state index in [1.54, 1.807) is 11.3 Å². The van der Waals surface area contributed by atoms with Gasteiger partial charge in [0, 0.05) is 26.2 Å². The number of amides is 1. The van der Waals surface area contributed by atoms with Crippen LogP contribution in [0.2, 0.25) is 0 Å². The zero-order valence-corrected chi connectivity index (χ0v) is 21.2. The van der Waals surface area contributed by atoms with Gasteiger partial charge in [-0.15, -0.1) is 0 Å². The van der Waals surface area contributed by atoms with Crippen LogP contribution in [0.5, 0.6) is 0 Å². The van der Waals surface area contributed by atoms with Gasteiger partial charge in [-0.25, -0.2) is 9.97 Å². The number of carbonyl (C=O) groups is 1. The number of carbonyl (C=O) groups excluding carboxylic acids is 1. The Labute approximate surface area is 210 Å². The molecule has 1 spiro atoms. The van der Waals surface area contributed by atoms with Crippen molar-refractivity contribution in [3.8, 4) is 0 Å². The van der Waals surface area contributed by atoms with E-state index in [2.05, 4.69) is 40.1 Å². The highest BCUT2D eigenvalue weighted by molar-refractivity contribution is 7.16. The minimum atomic E-state index is 0.0952. The van der Waals surface area contributed by atoms with Crippen molar-refractivity contribution in [2.24, 2.45) is 18.4 Å². The molecule has 3 heterocycles. The fourth-order valence-corrected chi connectivity index (χ4v) is 6.96. The van der Waals surface area contributed by atoms with Gasteiger partial charge >= 0.3 is 0 Å². The van der Waals surface area contributed by atoms with Crippen LogP contribution in [-0.2, 0) is 27.9 Å². The second kappa shape index (κ2) is 9.64. The molecule has 0 aromatic carbocycles. The highest BCUT2D eigenvalue weighted by atomic mass is 32.1. The first-order valence-corrected chi connectivity index (χ1v) is 13.8. The van der Waals surface area contributed by atoms with E-state index in [4.69, 9.17) is 14.5 Å². The average molecular weight is 495 g/mol. The molecule has 6 rings (SSSR count). The molecular formula is C27H34N4O3S. The Balaban J connectivity index is 1.12. The summed E-state index contributed by atoms with van der Waals surface area (Å²) in [6.07, 6.45) is 18.5. The maximum absolute atomic E-state index is 12.9. The number of nitrogens with one attached hydrogen (secondary N) is 1. The van der Waals surface area contributed by atoms with Crippen LogP contribution in [0.25, 0.3) is 17.7 Å². The van der Waals surface area contributed by atoms with Gasteiger partial charge < -0.3 is 19.4 Å². The highest BCUT2D eigenvalue weighted by Crippen LogP contribution is 2.52. The second-order valence-electron chi connectivity index (χ2n) is 10.6. The molecule has 2 aromatic heterocycles. The highest BCUT2D eigenvalue weighted by Gasteiger charge is 2.47. The summed E-state index contributed by atoms with van der Waals surface area (Å²) < 4.78 is 13.7.